The summed E-state index contributed by atoms with van der Waals surface area (Å²) in [6.07, 6.45) is 11.2. The number of hydrogen-bond donors (Lipinski definition) is 1. The van der Waals surface area contributed by atoms with E-state index in [4.69, 9.17) is 10.7 Å². The van der Waals surface area contributed by atoms with E-state index < -0.39 is 0 Å². The molecular formula is C14H26N4. The van der Waals surface area contributed by atoms with Crippen LogP contribution in [0.1, 0.15) is 59.3 Å². The minimum atomic E-state index is 0.540. The van der Waals surface area contributed by atoms with E-state index >= 15 is 0 Å². The SMILES string of the molecule is CCCC(=CC([NH3+])CCC)CCC.N#CN=C=[N-]. The molecule has 0 heterocycles. The van der Waals surface area contributed by atoms with Crippen LogP contribution >= 0.6 is 0 Å². The van der Waals surface area contributed by atoms with E-state index in [9.17, 15) is 0 Å². The zero-order valence-corrected chi connectivity index (χ0v) is 11.9. The Morgan fingerprint density at radius 2 is 1.83 bits per heavy atom. The van der Waals surface area contributed by atoms with Gasteiger partial charge in [0.15, 0.2) is 0 Å². The first-order valence-corrected chi connectivity index (χ1v) is 6.66. The smallest absolute Gasteiger partial charge is 0.103 e. The maximum atomic E-state index is 7.43. The lowest BCUT2D eigenvalue weighted by atomic mass is 10.0. The Hall–Kier alpha value is -1.43. The molecule has 102 valence electrons. The largest absolute Gasteiger partial charge is 0.422 e. The van der Waals surface area contributed by atoms with Crippen LogP contribution in [0, 0.1) is 11.5 Å². The van der Waals surface area contributed by atoms with E-state index in [2.05, 4.69) is 37.6 Å². The molecule has 0 aliphatic carbocycles. The van der Waals surface area contributed by atoms with Gasteiger partial charge in [-0.3, -0.25) is 0 Å². The van der Waals surface area contributed by atoms with Gasteiger partial charge in [-0.1, -0.05) is 45.6 Å². The fraction of sp³-hybridized carbons (Fsp3) is 0.714. The molecule has 0 amide bonds. The summed E-state index contributed by atoms with van der Waals surface area (Å²) >= 11 is 0. The van der Waals surface area contributed by atoms with Crippen LogP contribution in [0.3, 0.4) is 0 Å². The highest BCUT2D eigenvalue weighted by Gasteiger charge is 2.02. The molecule has 0 aromatic rings. The molecule has 0 aromatic heterocycles. The fourth-order valence-corrected chi connectivity index (χ4v) is 1.74. The van der Waals surface area contributed by atoms with Gasteiger partial charge in [-0.05, 0) is 18.9 Å². The van der Waals surface area contributed by atoms with E-state index in [0.29, 0.717) is 6.04 Å². The van der Waals surface area contributed by atoms with Crippen LogP contribution < -0.4 is 5.73 Å². The Kier molecular flexibility index (Phi) is 16.4. The molecule has 0 bridgehead atoms. The molecule has 0 saturated heterocycles. The summed E-state index contributed by atoms with van der Waals surface area (Å²) in [7, 11) is 0. The van der Waals surface area contributed by atoms with Gasteiger partial charge in [0.05, 0.1) is 6.19 Å². The average molecular weight is 250 g/mol. The van der Waals surface area contributed by atoms with Gasteiger partial charge in [0.1, 0.15) is 6.04 Å². The number of nitriles is 1. The molecule has 0 spiro atoms. The molecule has 0 aromatic carbocycles. The number of quaternary nitrogens is 1. The van der Waals surface area contributed by atoms with Crippen molar-refractivity contribution >= 4 is 6.01 Å². The first-order valence-electron chi connectivity index (χ1n) is 6.66. The van der Waals surface area contributed by atoms with E-state index in [-0.39, 0.29) is 0 Å². The maximum absolute atomic E-state index is 7.43. The van der Waals surface area contributed by atoms with E-state index in [1.54, 1.807) is 5.57 Å². The maximum Gasteiger partial charge on any atom is 0.103 e. The minimum absolute atomic E-state index is 0.540. The highest BCUT2D eigenvalue weighted by molar-refractivity contribution is 5.46. The highest BCUT2D eigenvalue weighted by Crippen LogP contribution is 2.13. The van der Waals surface area contributed by atoms with Gasteiger partial charge in [-0.2, -0.15) is 5.26 Å². The zero-order valence-electron chi connectivity index (χ0n) is 11.9. The number of rotatable bonds is 7. The molecule has 1 atom stereocenters. The lowest BCUT2D eigenvalue weighted by Crippen LogP contribution is -2.59. The van der Waals surface area contributed by atoms with Crippen molar-refractivity contribution in [2.24, 2.45) is 4.99 Å². The second-order valence-corrected chi connectivity index (χ2v) is 4.19. The topological polar surface area (TPSA) is 86.1 Å². The fourth-order valence-electron chi connectivity index (χ4n) is 1.74. The van der Waals surface area contributed by atoms with Crippen molar-refractivity contribution in [3.8, 4) is 6.19 Å². The highest BCUT2D eigenvalue weighted by atomic mass is 14.7. The van der Waals surface area contributed by atoms with Crippen molar-refractivity contribution in [1.29, 1.82) is 5.26 Å². The van der Waals surface area contributed by atoms with Crippen LogP contribution in [-0.4, -0.2) is 12.1 Å². The van der Waals surface area contributed by atoms with Gasteiger partial charge in [-0.25, -0.2) is 0 Å². The first kappa shape index (κ1) is 18.9. The quantitative estimate of drug-likeness (QED) is 0.420. The average Bonchev–Trinajstić information content (AvgIpc) is 2.32. The summed E-state index contributed by atoms with van der Waals surface area (Å²) in [5.74, 6) is 0. The minimum Gasteiger partial charge on any atom is -0.422 e. The lowest BCUT2D eigenvalue weighted by Gasteiger charge is -2.07. The summed E-state index contributed by atoms with van der Waals surface area (Å²) in [6, 6.07) is 1.82. The van der Waals surface area contributed by atoms with Crippen molar-refractivity contribution < 1.29 is 5.73 Å². The number of aliphatic imine (C=N–C) groups is 1. The van der Waals surface area contributed by atoms with Crippen molar-refractivity contribution in [2.75, 3.05) is 0 Å². The third-order valence-corrected chi connectivity index (χ3v) is 2.37. The van der Waals surface area contributed by atoms with E-state index in [0.717, 1.165) is 0 Å². The van der Waals surface area contributed by atoms with Crippen LogP contribution in [0.2, 0.25) is 0 Å². The van der Waals surface area contributed by atoms with Crippen molar-refractivity contribution in [3.63, 3.8) is 0 Å². The Morgan fingerprint density at radius 3 is 2.11 bits per heavy atom. The molecule has 4 nitrogen and oxygen atoms in total. The third kappa shape index (κ3) is 14.6. The number of hydrogen-bond acceptors (Lipinski definition) is 2. The molecule has 1 unspecified atom stereocenters. The number of nitrogens with zero attached hydrogens (tertiary/aromatic N) is 3. The predicted octanol–water partition coefficient (Wildman–Crippen LogP) is 3.13. The molecule has 18 heavy (non-hydrogen) atoms. The molecule has 0 aliphatic heterocycles. The van der Waals surface area contributed by atoms with Crippen LogP contribution in [0.4, 0.5) is 0 Å². The summed E-state index contributed by atoms with van der Waals surface area (Å²) in [5, 5.41) is 14.9. The van der Waals surface area contributed by atoms with Gasteiger partial charge in [-0.15, -0.1) is 6.01 Å². The monoisotopic (exact) mass is 250 g/mol. The van der Waals surface area contributed by atoms with Gasteiger partial charge >= 0.3 is 0 Å². The second-order valence-electron chi connectivity index (χ2n) is 4.19. The molecule has 0 aliphatic rings. The van der Waals surface area contributed by atoms with Gasteiger partial charge in [0, 0.05) is 6.42 Å². The van der Waals surface area contributed by atoms with Crippen LogP contribution in [0.25, 0.3) is 5.41 Å². The van der Waals surface area contributed by atoms with E-state index in [1.807, 2.05) is 0 Å². The molecule has 4 heteroatoms. The Bertz CT molecular complexity index is 287. The van der Waals surface area contributed by atoms with Crippen LogP contribution in [-0.2, 0) is 0 Å². The predicted molar refractivity (Wildman–Crippen MR) is 75.9 cm³/mol. The first-order chi connectivity index (χ1) is 8.65. The normalized spacial score (nSPS) is 10.2. The second kappa shape index (κ2) is 15.6. The lowest BCUT2D eigenvalue weighted by molar-refractivity contribution is -0.404. The van der Waals surface area contributed by atoms with Gasteiger partial charge in [0.25, 0.3) is 0 Å². The number of allylic oxidation sites excluding steroid dienone is 1. The van der Waals surface area contributed by atoms with Gasteiger partial charge < -0.3 is 16.1 Å². The zero-order chi connectivity index (χ0) is 14.2. The standard InChI is InChI=1S/C12H25N.C2N3/c1-4-7-11(8-5-2)10-12(13)9-6-3;3-1-5-2-4/h10,12H,4-9,13H2,1-3H3;/q;-1/p+1. The summed E-state index contributed by atoms with van der Waals surface area (Å²) in [4.78, 5) is 2.58. The van der Waals surface area contributed by atoms with Crippen molar-refractivity contribution in [2.45, 2.75) is 65.3 Å². The molecular weight excluding hydrogens is 224 g/mol. The molecule has 0 saturated carbocycles. The third-order valence-electron chi connectivity index (χ3n) is 2.37. The van der Waals surface area contributed by atoms with Crippen molar-refractivity contribution in [3.05, 3.63) is 17.1 Å². The molecule has 0 rings (SSSR count). The molecule has 0 fully saturated rings. The van der Waals surface area contributed by atoms with Crippen LogP contribution in [0.5, 0.6) is 0 Å². The van der Waals surface area contributed by atoms with Gasteiger partial charge in [0.2, 0.25) is 0 Å². The molecule has 0 radical (unpaired) electrons. The summed E-state index contributed by atoms with van der Waals surface area (Å²) in [5.41, 5.74) is 5.78. The summed E-state index contributed by atoms with van der Waals surface area (Å²) < 4.78 is 0. The van der Waals surface area contributed by atoms with Crippen LogP contribution in [0.15, 0.2) is 16.6 Å². The Balaban J connectivity index is 0. The Labute approximate surface area is 111 Å². The Morgan fingerprint density at radius 1 is 1.28 bits per heavy atom. The molecule has 3 N–H and O–H groups in total. The van der Waals surface area contributed by atoms with E-state index in [1.165, 1.54) is 50.7 Å². The van der Waals surface area contributed by atoms with Crippen molar-refractivity contribution in [1.82, 2.24) is 0 Å². The summed E-state index contributed by atoms with van der Waals surface area (Å²) in [6.45, 7) is 6.73.